The molecule has 75 heavy (non-hydrogen) atoms. The van der Waals surface area contributed by atoms with E-state index in [4.69, 9.17) is 0 Å². The third-order valence-corrected chi connectivity index (χ3v) is 15.5. The van der Waals surface area contributed by atoms with Gasteiger partial charge in [-0.05, 0) is 133 Å². The average Bonchev–Trinajstić information content (AvgIpc) is 4.01. The standard InChI is InChI=1S/C73H50N2/c1-5-20-51(21-6-1)55-23-18-32-63(47-55)74-69-36-15-13-34-65(69)67-49-57(42-44-71(67)74)52-38-40-53(41-39-52)58-43-45-72-68(50-58)66-35-14-16-37-70(66)75(72)64-33-19-24-56(48-64)54-22-17-31-62(46-54)73(59-25-7-2-8-26-59,60-27-9-3-10-28-60)61-29-11-4-12-30-61/h1-50H. The van der Waals surface area contributed by atoms with Crippen molar-refractivity contribution in [1.29, 1.82) is 0 Å². The van der Waals surface area contributed by atoms with Gasteiger partial charge in [-0.15, -0.1) is 0 Å². The fourth-order valence-electron chi connectivity index (χ4n) is 12.0. The molecule has 0 atom stereocenters. The van der Waals surface area contributed by atoms with Gasteiger partial charge in [0.15, 0.2) is 0 Å². The Labute approximate surface area is 437 Å². The molecule has 0 saturated heterocycles. The first kappa shape index (κ1) is 44.0. The van der Waals surface area contributed by atoms with Gasteiger partial charge in [-0.3, -0.25) is 0 Å². The van der Waals surface area contributed by atoms with E-state index in [1.165, 1.54) is 110 Å². The van der Waals surface area contributed by atoms with Crippen LogP contribution in [0.3, 0.4) is 0 Å². The first-order valence-electron chi connectivity index (χ1n) is 25.9. The lowest BCUT2D eigenvalue weighted by molar-refractivity contribution is 0.745. The van der Waals surface area contributed by atoms with E-state index < -0.39 is 5.41 Å². The number of para-hydroxylation sites is 2. The van der Waals surface area contributed by atoms with Crippen LogP contribution >= 0.6 is 0 Å². The normalized spacial score (nSPS) is 11.7. The van der Waals surface area contributed by atoms with Crippen LogP contribution < -0.4 is 0 Å². The Morgan fingerprint density at radius 1 is 0.187 bits per heavy atom. The number of aromatic nitrogens is 2. The molecule has 0 radical (unpaired) electrons. The molecule has 0 bridgehead atoms. The van der Waals surface area contributed by atoms with E-state index in [0.717, 1.165) is 11.4 Å². The van der Waals surface area contributed by atoms with Crippen LogP contribution in [0.25, 0.3) is 99.5 Å². The van der Waals surface area contributed by atoms with Crippen LogP contribution in [0.5, 0.6) is 0 Å². The summed E-state index contributed by atoms with van der Waals surface area (Å²) >= 11 is 0. The predicted molar refractivity (Wildman–Crippen MR) is 315 cm³/mol. The third-order valence-electron chi connectivity index (χ3n) is 15.5. The second kappa shape index (κ2) is 18.4. The zero-order chi connectivity index (χ0) is 49.7. The monoisotopic (exact) mass is 954 g/mol. The molecule has 2 heterocycles. The largest absolute Gasteiger partial charge is 0.309 e. The molecule has 0 aliphatic heterocycles. The molecule has 0 saturated carbocycles. The Bertz CT molecular complexity index is 4280. The van der Waals surface area contributed by atoms with E-state index in [2.05, 4.69) is 312 Å². The van der Waals surface area contributed by atoms with Crippen LogP contribution in [0.15, 0.2) is 303 Å². The van der Waals surface area contributed by atoms with Crippen LogP contribution in [0.2, 0.25) is 0 Å². The van der Waals surface area contributed by atoms with Crippen LogP contribution in [0.4, 0.5) is 0 Å². The zero-order valence-electron chi connectivity index (χ0n) is 41.3. The van der Waals surface area contributed by atoms with Crippen molar-refractivity contribution in [2.45, 2.75) is 5.41 Å². The van der Waals surface area contributed by atoms with Crippen molar-refractivity contribution in [2.75, 3.05) is 0 Å². The predicted octanol–water partition coefficient (Wildman–Crippen LogP) is 18.9. The molecule has 2 heteroatoms. The van der Waals surface area contributed by atoms with Crippen LogP contribution in [0.1, 0.15) is 22.3 Å². The van der Waals surface area contributed by atoms with Crippen molar-refractivity contribution in [3.05, 3.63) is 326 Å². The number of fused-ring (bicyclic) bond motifs is 6. The van der Waals surface area contributed by atoms with Gasteiger partial charge in [-0.25, -0.2) is 0 Å². The van der Waals surface area contributed by atoms with Crippen molar-refractivity contribution >= 4 is 43.6 Å². The maximum absolute atomic E-state index is 2.43. The summed E-state index contributed by atoms with van der Waals surface area (Å²) < 4.78 is 4.84. The fraction of sp³-hybridized carbons (Fsp3) is 0.0137. The highest BCUT2D eigenvalue weighted by molar-refractivity contribution is 6.12. The summed E-state index contributed by atoms with van der Waals surface area (Å²) in [5.41, 5.74) is 21.0. The van der Waals surface area contributed by atoms with E-state index >= 15 is 0 Å². The zero-order valence-corrected chi connectivity index (χ0v) is 41.3. The molecule has 0 unspecified atom stereocenters. The van der Waals surface area contributed by atoms with Gasteiger partial charge in [-0.1, -0.05) is 237 Å². The van der Waals surface area contributed by atoms with E-state index in [1.54, 1.807) is 0 Å². The number of hydrogen-bond acceptors (Lipinski definition) is 0. The molecule has 0 aliphatic rings. The van der Waals surface area contributed by atoms with Gasteiger partial charge in [0.25, 0.3) is 0 Å². The van der Waals surface area contributed by atoms with E-state index in [1.807, 2.05) is 0 Å². The quantitative estimate of drug-likeness (QED) is 0.121. The maximum Gasteiger partial charge on any atom is 0.0701 e. The molecular formula is C73H50N2. The molecule has 2 aromatic heterocycles. The molecule has 0 spiro atoms. The second-order valence-corrected chi connectivity index (χ2v) is 19.6. The minimum absolute atomic E-state index is 0.531. The Balaban J connectivity index is 0.811. The Morgan fingerprint density at radius 3 is 0.960 bits per heavy atom. The minimum atomic E-state index is -0.531. The van der Waals surface area contributed by atoms with Gasteiger partial charge in [0.05, 0.1) is 27.5 Å². The average molecular weight is 955 g/mol. The molecule has 0 amide bonds. The topological polar surface area (TPSA) is 9.86 Å². The van der Waals surface area contributed by atoms with E-state index in [9.17, 15) is 0 Å². The molecular weight excluding hydrogens is 905 g/mol. The number of nitrogens with zero attached hydrogens (tertiary/aromatic N) is 2. The molecule has 12 aromatic carbocycles. The van der Waals surface area contributed by atoms with Gasteiger partial charge in [-0.2, -0.15) is 0 Å². The first-order chi connectivity index (χ1) is 37.2. The molecule has 0 aliphatic carbocycles. The van der Waals surface area contributed by atoms with Crippen molar-refractivity contribution in [1.82, 2.24) is 9.13 Å². The first-order valence-corrected chi connectivity index (χ1v) is 25.9. The van der Waals surface area contributed by atoms with Gasteiger partial charge >= 0.3 is 0 Å². The summed E-state index contributed by atoms with van der Waals surface area (Å²) in [6, 6.07) is 111. The maximum atomic E-state index is 2.43. The lowest BCUT2D eigenvalue weighted by atomic mass is 9.65. The van der Waals surface area contributed by atoms with Crippen molar-refractivity contribution < 1.29 is 0 Å². The SMILES string of the molecule is c1ccc(-c2cccc(-n3c4ccccc4c4cc(-c5ccc(-c6ccc7c(c6)c6ccccc6n7-c6cccc(-c7cccc(C(c8ccccc8)(c8ccccc8)c8ccccc8)c7)c6)cc5)ccc43)c2)cc1. The molecule has 0 fully saturated rings. The van der Waals surface area contributed by atoms with Crippen LogP contribution in [-0.2, 0) is 5.41 Å². The lowest BCUT2D eigenvalue weighted by Gasteiger charge is -2.37. The summed E-state index contributed by atoms with van der Waals surface area (Å²) in [6.07, 6.45) is 0. The summed E-state index contributed by atoms with van der Waals surface area (Å²) in [6.45, 7) is 0. The van der Waals surface area contributed by atoms with Gasteiger partial charge < -0.3 is 9.13 Å². The molecule has 0 N–H and O–H groups in total. The fourth-order valence-corrected chi connectivity index (χ4v) is 12.0. The number of benzene rings is 12. The Morgan fingerprint density at radius 2 is 0.493 bits per heavy atom. The van der Waals surface area contributed by atoms with Crippen molar-refractivity contribution in [3.63, 3.8) is 0 Å². The summed E-state index contributed by atoms with van der Waals surface area (Å²) in [5.74, 6) is 0. The summed E-state index contributed by atoms with van der Waals surface area (Å²) in [7, 11) is 0. The van der Waals surface area contributed by atoms with Crippen molar-refractivity contribution in [3.8, 4) is 55.9 Å². The molecule has 352 valence electrons. The minimum Gasteiger partial charge on any atom is -0.309 e. The highest BCUT2D eigenvalue weighted by atomic mass is 15.0. The molecule has 14 rings (SSSR count). The smallest absolute Gasteiger partial charge is 0.0701 e. The highest BCUT2D eigenvalue weighted by Gasteiger charge is 2.38. The Kier molecular flexibility index (Phi) is 10.8. The van der Waals surface area contributed by atoms with E-state index in [-0.39, 0.29) is 0 Å². The van der Waals surface area contributed by atoms with Crippen LogP contribution in [-0.4, -0.2) is 9.13 Å². The van der Waals surface area contributed by atoms with Gasteiger partial charge in [0.1, 0.15) is 0 Å². The summed E-state index contributed by atoms with van der Waals surface area (Å²) in [4.78, 5) is 0. The van der Waals surface area contributed by atoms with Crippen molar-refractivity contribution in [2.24, 2.45) is 0 Å². The third kappa shape index (κ3) is 7.49. The summed E-state index contributed by atoms with van der Waals surface area (Å²) in [5, 5.41) is 4.96. The molecule has 14 aromatic rings. The lowest BCUT2D eigenvalue weighted by Crippen LogP contribution is -2.31. The molecule has 2 nitrogen and oxygen atoms in total. The van der Waals surface area contributed by atoms with E-state index in [0.29, 0.717) is 0 Å². The Hall–Kier alpha value is -9.76. The highest BCUT2D eigenvalue weighted by Crippen LogP contribution is 2.46. The number of rotatable bonds is 10. The number of hydrogen-bond donors (Lipinski definition) is 0. The second-order valence-electron chi connectivity index (χ2n) is 19.6. The van der Waals surface area contributed by atoms with Gasteiger partial charge in [0.2, 0.25) is 0 Å². The van der Waals surface area contributed by atoms with Gasteiger partial charge in [0, 0.05) is 32.9 Å². The van der Waals surface area contributed by atoms with Crippen LogP contribution in [0, 0.1) is 0 Å².